The molecule has 17 heavy (non-hydrogen) atoms. The molecule has 0 aliphatic carbocycles. The van der Waals surface area contributed by atoms with E-state index in [2.05, 4.69) is 4.90 Å². The van der Waals surface area contributed by atoms with Crippen molar-refractivity contribution >= 4 is 0 Å². The zero-order valence-corrected chi connectivity index (χ0v) is 11.3. The molecule has 0 amide bonds. The monoisotopic (exact) mass is 247 g/mol. The quantitative estimate of drug-likeness (QED) is 0.692. The Morgan fingerprint density at radius 2 is 1.71 bits per heavy atom. The molecule has 1 N–H and O–H groups in total. The fourth-order valence-corrected chi connectivity index (χ4v) is 2.07. The summed E-state index contributed by atoms with van der Waals surface area (Å²) < 4.78 is 16.1. The summed E-state index contributed by atoms with van der Waals surface area (Å²) in [6.07, 6.45) is -0.108. The van der Waals surface area contributed by atoms with E-state index < -0.39 is 6.10 Å². The molecule has 0 aromatic rings. The van der Waals surface area contributed by atoms with Crippen molar-refractivity contribution in [3.8, 4) is 0 Å². The van der Waals surface area contributed by atoms with Gasteiger partial charge in [-0.25, -0.2) is 0 Å². The summed E-state index contributed by atoms with van der Waals surface area (Å²) in [5, 5.41) is 9.83. The predicted octanol–water partition coefficient (Wildman–Crippen LogP) is 0.118. The third kappa shape index (κ3) is 4.89. The molecule has 1 saturated heterocycles. The second-order valence-electron chi connectivity index (χ2n) is 4.80. The number of methoxy groups -OCH3 is 2. The fourth-order valence-electron chi connectivity index (χ4n) is 2.07. The van der Waals surface area contributed by atoms with E-state index in [0.717, 1.165) is 13.1 Å². The molecule has 5 nitrogen and oxygen atoms in total. The summed E-state index contributed by atoms with van der Waals surface area (Å²) in [5.41, 5.74) is 0. The first kappa shape index (κ1) is 14.9. The van der Waals surface area contributed by atoms with Gasteiger partial charge in [-0.05, 0) is 13.8 Å². The van der Waals surface area contributed by atoms with E-state index in [1.165, 1.54) is 0 Å². The Balaban J connectivity index is 2.28. The molecule has 0 aromatic heterocycles. The van der Waals surface area contributed by atoms with E-state index >= 15 is 0 Å². The third-order valence-electron chi connectivity index (χ3n) is 2.99. The van der Waals surface area contributed by atoms with Crippen molar-refractivity contribution in [1.29, 1.82) is 0 Å². The van der Waals surface area contributed by atoms with Crippen molar-refractivity contribution in [2.24, 2.45) is 0 Å². The first-order chi connectivity index (χ1) is 8.06. The minimum absolute atomic E-state index is 0.0956. The topological polar surface area (TPSA) is 51.2 Å². The smallest absolute Gasteiger partial charge is 0.0971 e. The molecule has 0 aromatic carbocycles. The molecule has 1 aliphatic rings. The Labute approximate surface area is 104 Å². The van der Waals surface area contributed by atoms with Crippen LogP contribution in [0, 0.1) is 0 Å². The Morgan fingerprint density at radius 1 is 1.18 bits per heavy atom. The van der Waals surface area contributed by atoms with E-state index in [0.29, 0.717) is 13.2 Å². The lowest BCUT2D eigenvalue weighted by atomic mass is 10.3. The molecule has 3 unspecified atom stereocenters. The van der Waals surface area contributed by atoms with Crippen LogP contribution in [0.2, 0.25) is 0 Å². The van der Waals surface area contributed by atoms with Crippen LogP contribution < -0.4 is 0 Å². The lowest BCUT2D eigenvalue weighted by Crippen LogP contribution is -2.34. The SMILES string of the molecule is COC1CN(CC(O)COC(C)C)CC1OC. The Hall–Kier alpha value is -0.200. The van der Waals surface area contributed by atoms with E-state index in [1.54, 1.807) is 14.2 Å². The molecular weight excluding hydrogens is 222 g/mol. The zero-order chi connectivity index (χ0) is 12.8. The van der Waals surface area contributed by atoms with Gasteiger partial charge in [-0.15, -0.1) is 0 Å². The van der Waals surface area contributed by atoms with Gasteiger partial charge in [0.05, 0.1) is 31.0 Å². The number of ether oxygens (including phenoxy) is 3. The highest BCUT2D eigenvalue weighted by Gasteiger charge is 2.33. The maximum Gasteiger partial charge on any atom is 0.0971 e. The molecule has 1 heterocycles. The van der Waals surface area contributed by atoms with Crippen molar-refractivity contribution in [2.75, 3.05) is 40.5 Å². The van der Waals surface area contributed by atoms with E-state index in [-0.39, 0.29) is 18.3 Å². The molecule has 0 bridgehead atoms. The second kappa shape index (κ2) is 7.28. The predicted molar refractivity (Wildman–Crippen MR) is 65.1 cm³/mol. The highest BCUT2D eigenvalue weighted by Crippen LogP contribution is 2.15. The Kier molecular flexibility index (Phi) is 6.37. The van der Waals surface area contributed by atoms with E-state index in [4.69, 9.17) is 14.2 Å². The number of aliphatic hydroxyl groups excluding tert-OH is 1. The molecule has 1 rings (SSSR count). The second-order valence-corrected chi connectivity index (χ2v) is 4.80. The number of hydrogen-bond acceptors (Lipinski definition) is 5. The van der Waals surface area contributed by atoms with Crippen molar-refractivity contribution in [3.63, 3.8) is 0 Å². The van der Waals surface area contributed by atoms with Crippen LogP contribution in [0.1, 0.15) is 13.8 Å². The summed E-state index contributed by atoms with van der Waals surface area (Å²) in [7, 11) is 3.39. The fraction of sp³-hybridized carbons (Fsp3) is 1.00. The van der Waals surface area contributed by atoms with Gasteiger partial charge in [-0.1, -0.05) is 0 Å². The van der Waals surface area contributed by atoms with Gasteiger partial charge in [-0.2, -0.15) is 0 Å². The number of β-amino-alcohol motifs (C(OH)–C–C–N with tert-alkyl or cyclic N) is 1. The summed E-state index contributed by atoms with van der Waals surface area (Å²) >= 11 is 0. The summed E-state index contributed by atoms with van der Waals surface area (Å²) in [6, 6.07) is 0. The normalized spacial score (nSPS) is 27.9. The van der Waals surface area contributed by atoms with Crippen LogP contribution >= 0.6 is 0 Å². The Bertz CT molecular complexity index is 201. The van der Waals surface area contributed by atoms with Crippen LogP contribution in [0.5, 0.6) is 0 Å². The highest BCUT2D eigenvalue weighted by atomic mass is 16.5. The highest BCUT2D eigenvalue weighted by molar-refractivity contribution is 4.86. The minimum Gasteiger partial charge on any atom is -0.389 e. The van der Waals surface area contributed by atoms with E-state index in [9.17, 15) is 5.11 Å². The lowest BCUT2D eigenvalue weighted by molar-refractivity contribution is -0.00762. The maximum atomic E-state index is 9.83. The summed E-state index contributed by atoms with van der Waals surface area (Å²) in [5.74, 6) is 0. The zero-order valence-electron chi connectivity index (χ0n) is 11.3. The molecule has 102 valence electrons. The van der Waals surface area contributed by atoms with Gasteiger partial charge in [0.15, 0.2) is 0 Å². The van der Waals surface area contributed by atoms with Gasteiger partial charge >= 0.3 is 0 Å². The summed E-state index contributed by atoms with van der Waals surface area (Å²) in [4.78, 5) is 2.15. The number of nitrogens with zero attached hydrogens (tertiary/aromatic N) is 1. The molecular formula is C12H25NO4. The molecule has 3 atom stereocenters. The minimum atomic E-state index is -0.453. The van der Waals surface area contributed by atoms with Gasteiger partial charge in [0, 0.05) is 33.9 Å². The number of rotatable bonds is 7. The van der Waals surface area contributed by atoms with E-state index in [1.807, 2.05) is 13.8 Å². The first-order valence-corrected chi connectivity index (χ1v) is 6.14. The summed E-state index contributed by atoms with van der Waals surface area (Å²) in [6.45, 7) is 6.51. The van der Waals surface area contributed by atoms with Gasteiger partial charge in [-0.3, -0.25) is 4.90 Å². The molecule has 1 aliphatic heterocycles. The average Bonchev–Trinajstić information content (AvgIpc) is 2.68. The molecule has 0 spiro atoms. The number of aliphatic hydroxyl groups is 1. The van der Waals surface area contributed by atoms with Crippen molar-refractivity contribution in [3.05, 3.63) is 0 Å². The van der Waals surface area contributed by atoms with Crippen LogP contribution in [0.25, 0.3) is 0 Å². The standard InChI is InChI=1S/C12H25NO4/c1-9(2)17-8-10(14)5-13-6-11(15-3)12(7-13)16-4/h9-12,14H,5-8H2,1-4H3. The largest absolute Gasteiger partial charge is 0.389 e. The van der Waals surface area contributed by atoms with Crippen LogP contribution in [-0.4, -0.2) is 74.9 Å². The van der Waals surface area contributed by atoms with Crippen molar-refractivity contribution in [1.82, 2.24) is 4.90 Å². The molecule has 5 heteroatoms. The number of hydrogen-bond donors (Lipinski definition) is 1. The van der Waals surface area contributed by atoms with Gasteiger partial charge in [0.25, 0.3) is 0 Å². The van der Waals surface area contributed by atoms with Crippen LogP contribution in [0.15, 0.2) is 0 Å². The van der Waals surface area contributed by atoms with Gasteiger partial charge in [0.2, 0.25) is 0 Å². The van der Waals surface area contributed by atoms with Crippen LogP contribution in [0.3, 0.4) is 0 Å². The molecule has 1 fully saturated rings. The van der Waals surface area contributed by atoms with Gasteiger partial charge in [0.1, 0.15) is 0 Å². The average molecular weight is 247 g/mol. The van der Waals surface area contributed by atoms with Gasteiger partial charge < -0.3 is 19.3 Å². The number of likely N-dealkylation sites (tertiary alicyclic amines) is 1. The molecule has 0 radical (unpaired) electrons. The lowest BCUT2D eigenvalue weighted by Gasteiger charge is -2.20. The van der Waals surface area contributed by atoms with Crippen molar-refractivity contribution in [2.45, 2.75) is 38.3 Å². The van der Waals surface area contributed by atoms with Crippen LogP contribution in [-0.2, 0) is 14.2 Å². The Morgan fingerprint density at radius 3 is 2.12 bits per heavy atom. The van der Waals surface area contributed by atoms with Crippen molar-refractivity contribution < 1.29 is 19.3 Å². The van der Waals surface area contributed by atoms with Crippen LogP contribution in [0.4, 0.5) is 0 Å². The molecule has 0 saturated carbocycles. The third-order valence-corrected chi connectivity index (χ3v) is 2.99. The maximum absolute atomic E-state index is 9.83. The first-order valence-electron chi connectivity index (χ1n) is 6.14.